The van der Waals surface area contributed by atoms with Crippen molar-refractivity contribution >= 4 is 38.3 Å². The third kappa shape index (κ3) is 4.07. The van der Waals surface area contributed by atoms with Gasteiger partial charge in [-0.2, -0.15) is 4.31 Å². The lowest BCUT2D eigenvalue weighted by Gasteiger charge is -2.31. The molecule has 10 heteroatoms. The number of sulfonamides is 1. The van der Waals surface area contributed by atoms with Crippen LogP contribution in [-0.4, -0.2) is 47.8 Å². The van der Waals surface area contributed by atoms with E-state index in [1.165, 1.54) is 22.6 Å². The average Bonchev–Trinajstić information content (AvgIpc) is 3.32. The molecule has 1 saturated heterocycles. The van der Waals surface area contributed by atoms with Gasteiger partial charge in [0.2, 0.25) is 5.91 Å². The molecule has 4 rings (SSSR count). The van der Waals surface area contributed by atoms with E-state index in [0.717, 1.165) is 15.9 Å². The smallest absolute Gasteiger partial charge is 0.326 e. The Morgan fingerprint density at radius 1 is 1.20 bits per heavy atom. The molecule has 1 aliphatic heterocycles. The highest BCUT2D eigenvalue weighted by Gasteiger charge is 2.32. The zero-order chi connectivity index (χ0) is 21.3. The van der Waals surface area contributed by atoms with Gasteiger partial charge in [-0.1, -0.05) is 12.1 Å². The van der Waals surface area contributed by atoms with Crippen molar-refractivity contribution in [3.63, 3.8) is 0 Å². The zero-order valence-electron chi connectivity index (χ0n) is 16.6. The van der Waals surface area contributed by atoms with Gasteiger partial charge in [-0.05, 0) is 43.5 Å². The van der Waals surface area contributed by atoms with Gasteiger partial charge in [0.1, 0.15) is 4.21 Å². The van der Waals surface area contributed by atoms with E-state index in [-0.39, 0.29) is 17.6 Å². The van der Waals surface area contributed by atoms with Crippen LogP contribution in [0, 0.1) is 0 Å². The van der Waals surface area contributed by atoms with E-state index in [1.54, 1.807) is 16.7 Å². The first-order valence-corrected chi connectivity index (χ1v) is 12.1. The maximum absolute atomic E-state index is 13.0. The highest BCUT2D eigenvalue weighted by molar-refractivity contribution is 7.91. The Kier molecular flexibility index (Phi) is 5.81. The second-order valence-corrected chi connectivity index (χ2v) is 10.7. The van der Waals surface area contributed by atoms with Gasteiger partial charge in [-0.25, -0.2) is 13.2 Å². The predicted octanol–water partition coefficient (Wildman–Crippen LogP) is 2.10. The molecule has 2 N–H and O–H groups in total. The molecule has 0 atom stereocenters. The summed E-state index contributed by atoms with van der Waals surface area (Å²) in [5.41, 5.74) is 1.49. The number of benzene rings is 1. The number of amides is 1. The summed E-state index contributed by atoms with van der Waals surface area (Å²) >= 11 is 1.25. The Balaban J connectivity index is 1.44. The molecule has 0 bridgehead atoms. The van der Waals surface area contributed by atoms with Crippen molar-refractivity contribution in [3.8, 4) is 0 Å². The third-order valence-corrected chi connectivity index (χ3v) is 8.90. The number of hydrogen-bond acceptors (Lipinski definition) is 5. The summed E-state index contributed by atoms with van der Waals surface area (Å²) < 4.78 is 29.7. The van der Waals surface area contributed by atoms with E-state index >= 15 is 0 Å². The Labute approximate surface area is 178 Å². The lowest BCUT2D eigenvalue weighted by Crippen LogP contribution is -2.40. The van der Waals surface area contributed by atoms with Crippen molar-refractivity contribution < 1.29 is 13.2 Å². The fourth-order valence-electron chi connectivity index (χ4n) is 3.90. The van der Waals surface area contributed by atoms with Crippen molar-refractivity contribution in [3.05, 3.63) is 51.8 Å². The molecule has 0 unspecified atom stereocenters. The number of rotatable bonds is 6. The van der Waals surface area contributed by atoms with Gasteiger partial charge in [0.05, 0.1) is 11.0 Å². The molecule has 1 aliphatic rings. The summed E-state index contributed by atoms with van der Waals surface area (Å²) in [6, 6.07) is 11.0. The number of aromatic nitrogens is 2. The van der Waals surface area contributed by atoms with E-state index in [4.69, 9.17) is 0 Å². The van der Waals surface area contributed by atoms with Gasteiger partial charge in [0.25, 0.3) is 10.0 Å². The third-order valence-electron chi connectivity index (χ3n) is 5.39. The molecule has 1 aromatic carbocycles. The van der Waals surface area contributed by atoms with Crippen molar-refractivity contribution in [1.82, 2.24) is 19.2 Å². The number of carbonyl (C=O) groups is 1. The molecule has 0 saturated carbocycles. The van der Waals surface area contributed by atoms with Gasteiger partial charge in [0.15, 0.2) is 0 Å². The van der Waals surface area contributed by atoms with Crippen molar-refractivity contribution in [2.24, 2.45) is 0 Å². The quantitative estimate of drug-likeness (QED) is 0.602. The van der Waals surface area contributed by atoms with Crippen LogP contribution in [0.3, 0.4) is 0 Å². The van der Waals surface area contributed by atoms with E-state index in [2.05, 4.69) is 10.3 Å². The van der Waals surface area contributed by atoms with Crippen LogP contribution in [0.5, 0.6) is 0 Å². The summed E-state index contributed by atoms with van der Waals surface area (Å²) in [7, 11) is -3.56. The number of piperidine rings is 1. The zero-order valence-corrected chi connectivity index (χ0v) is 18.3. The minimum absolute atomic E-state index is 0.0309. The molecule has 0 aliphatic carbocycles. The highest BCUT2D eigenvalue weighted by atomic mass is 32.2. The average molecular weight is 449 g/mol. The van der Waals surface area contributed by atoms with Crippen LogP contribution in [0.15, 0.2) is 45.4 Å². The lowest BCUT2D eigenvalue weighted by molar-refractivity contribution is -0.118. The van der Waals surface area contributed by atoms with Crippen LogP contribution in [0.2, 0.25) is 0 Å². The number of thiophene rings is 1. The second kappa shape index (κ2) is 8.37. The first-order valence-electron chi connectivity index (χ1n) is 9.89. The molecule has 1 amide bonds. The Hall–Kier alpha value is -2.43. The summed E-state index contributed by atoms with van der Waals surface area (Å²) in [6.45, 7) is 2.69. The molecule has 0 radical (unpaired) electrons. The molecule has 3 heterocycles. The Morgan fingerprint density at radius 3 is 2.67 bits per heavy atom. The van der Waals surface area contributed by atoms with Gasteiger partial charge < -0.3 is 10.3 Å². The van der Waals surface area contributed by atoms with Gasteiger partial charge >= 0.3 is 5.69 Å². The van der Waals surface area contributed by atoms with Crippen molar-refractivity contribution in [1.29, 1.82) is 0 Å². The molecule has 8 nitrogen and oxygen atoms in total. The van der Waals surface area contributed by atoms with Crippen LogP contribution in [-0.2, 0) is 21.2 Å². The first kappa shape index (κ1) is 20.8. The first-order chi connectivity index (χ1) is 14.4. The number of H-pyrrole nitrogens is 1. The molecular formula is C20H24N4O4S2. The van der Waals surface area contributed by atoms with Gasteiger partial charge in [-0.15, -0.1) is 11.3 Å². The van der Waals surface area contributed by atoms with Gasteiger partial charge in [-0.3, -0.25) is 9.36 Å². The fourth-order valence-corrected chi connectivity index (χ4v) is 6.88. The number of carbonyl (C=O) groups excluding carboxylic acids is 1. The number of nitrogens with one attached hydrogen (secondary N) is 2. The number of nitrogens with zero attached hydrogens (tertiary/aromatic N) is 2. The molecule has 3 aromatic rings. The topological polar surface area (TPSA) is 104 Å². The molecule has 30 heavy (non-hydrogen) atoms. The normalized spacial score (nSPS) is 16.2. The van der Waals surface area contributed by atoms with Gasteiger partial charge in [0, 0.05) is 37.5 Å². The van der Waals surface area contributed by atoms with Crippen molar-refractivity contribution in [2.45, 2.75) is 36.4 Å². The Bertz CT molecular complexity index is 1220. The minimum atomic E-state index is -3.56. The maximum Gasteiger partial charge on any atom is 0.326 e. The molecule has 1 fully saturated rings. The number of aromatic amines is 1. The SMILES string of the molecule is CC(=O)NCCc1ccc(S(=O)(=O)N2CCC(n3c(=O)[nH]c4ccccc43)CC2)s1. The molecule has 160 valence electrons. The van der Waals surface area contributed by atoms with Crippen LogP contribution in [0.4, 0.5) is 0 Å². The summed E-state index contributed by atoms with van der Waals surface area (Å²) in [5, 5.41) is 2.72. The monoisotopic (exact) mass is 448 g/mol. The van der Waals surface area contributed by atoms with E-state index < -0.39 is 10.0 Å². The van der Waals surface area contributed by atoms with Crippen LogP contribution < -0.4 is 11.0 Å². The lowest BCUT2D eigenvalue weighted by atomic mass is 10.1. The molecular weight excluding hydrogens is 424 g/mol. The number of hydrogen-bond donors (Lipinski definition) is 2. The fraction of sp³-hybridized carbons (Fsp3) is 0.400. The Morgan fingerprint density at radius 2 is 1.93 bits per heavy atom. The molecule has 0 spiro atoms. The van der Waals surface area contributed by atoms with E-state index in [9.17, 15) is 18.0 Å². The standard InChI is InChI=1S/C20H24N4O4S2/c1-14(25)21-11-8-16-6-7-19(29-16)30(27,28)23-12-9-15(10-13-23)24-18-5-3-2-4-17(18)22-20(24)26/h2-7,15H,8-13H2,1H3,(H,21,25)(H,22,26). The summed E-state index contributed by atoms with van der Waals surface area (Å²) in [4.78, 5) is 27.2. The van der Waals surface area contributed by atoms with E-state index in [1.807, 2.05) is 24.3 Å². The number of imidazole rings is 1. The maximum atomic E-state index is 13.0. The summed E-state index contributed by atoms with van der Waals surface area (Å²) in [5.74, 6) is -0.100. The number of fused-ring (bicyclic) bond motifs is 1. The van der Waals surface area contributed by atoms with E-state index in [0.29, 0.717) is 43.1 Å². The van der Waals surface area contributed by atoms with Crippen LogP contribution in [0.25, 0.3) is 11.0 Å². The largest absolute Gasteiger partial charge is 0.356 e. The van der Waals surface area contributed by atoms with Crippen molar-refractivity contribution in [2.75, 3.05) is 19.6 Å². The van der Waals surface area contributed by atoms with Crippen LogP contribution >= 0.6 is 11.3 Å². The van der Waals surface area contributed by atoms with Crippen LogP contribution in [0.1, 0.15) is 30.7 Å². The second-order valence-electron chi connectivity index (χ2n) is 7.41. The minimum Gasteiger partial charge on any atom is -0.356 e. The molecule has 2 aromatic heterocycles. The number of para-hydroxylation sites is 2. The summed E-state index contributed by atoms with van der Waals surface area (Å²) in [6.07, 6.45) is 1.77. The predicted molar refractivity (Wildman–Crippen MR) is 116 cm³/mol. The highest BCUT2D eigenvalue weighted by Crippen LogP contribution is 2.31.